The zero-order valence-corrected chi connectivity index (χ0v) is 8.91. The van der Waals surface area contributed by atoms with Crippen molar-refractivity contribution < 1.29 is 4.92 Å². The molecule has 1 aromatic heterocycles. The maximum atomic E-state index is 10.7. The largest absolute Gasteiger partial charge is 0.333 e. The molecule has 0 fully saturated rings. The summed E-state index contributed by atoms with van der Waals surface area (Å²) in [7, 11) is 0. The van der Waals surface area contributed by atoms with Crippen LogP contribution in [0.1, 0.15) is 5.56 Å². The molecule has 0 unspecified atom stereocenters. The van der Waals surface area contributed by atoms with Gasteiger partial charge in [0, 0.05) is 25.0 Å². The Morgan fingerprint density at radius 3 is 2.94 bits per heavy atom. The molecule has 0 aliphatic carbocycles. The van der Waals surface area contributed by atoms with Gasteiger partial charge >= 0.3 is 0 Å². The molecule has 0 aliphatic rings. The molecule has 0 saturated heterocycles. The molecule has 88 valence electrons. The molecule has 7 nitrogen and oxygen atoms in total. The van der Waals surface area contributed by atoms with E-state index >= 15 is 0 Å². The molecule has 2 aromatic rings. The maximum Gasteiger partial charge on any atom is 0.293 e. The SMILES string of the molecule is NNc1cc(Cn2ccnc2)ccc1[N+](=O)[O-]. The Labute approximate surface area is 97.0 Å². The molecule has 0 aliphatic heterocycles. The molecular formula is C10H11N5O2. The molecule has 0 amide bonds. The molecular weight excluding hydrogens is 222 g/mol. The maximum absolute atomic E-state index is 10.7. The first-order chi connectivity index (χ1) is 8.20. The van der Waals surface area contributed by atoms with Gasteiger partial charge in [-0.05, 0) is 11.6 Å². The summed E-state index contributed by atoms with van der Waals surface area (Å²) in [5.41, 5.74) is 3.49. The van der Waals surface area contributed by atoms with Crippen molar-refractivity contribution in [2.45, 2.75) is 6.54 Å². The second-order valence-electron chi connectivity index (χ2n) is 3.49. The first-order valence-corrected chi connectivity index (χ1v) is 4.90. The highest BCUT2D eigenvalue weighted by molar-refractivity contribution is 5.62. The van der Waals surface area contributed by atoms with Crippen molar-refractivity contribution in [2.24, 2.45) is 5.84 Å². The summed E-state index contributed by atoms with van der Waals surface area (Å²) in [6.07, 6.45) is 5.17. The summed E-state index contributed by atoms with van der Waals surface area (Å²) < 4.78 is 1.86. The van der Waals surface area contributed by atoms with E-state index in [4.69, 9.17) is 5.84 Å². The van der Waals surface area contributed by atoms with Crippen LogP contribution in [-0.2, 0) is 6.54 Å². The minimum Gasteiger partial charge on any atom is -0.333 e. The topological polar surface area (TPSA) is 99.0 Å². The van der Waals surface area contributed by atoms with Gasteiger partial charge in [0.05, 0.1) is 11.3 Å². The van der Waals surface area contributed by atoms with Crippen LogP contribution in [0, 0.1) is 10.1 Å². The number of anilines is 1. The summed E-state index contributed by atoms with van der Waals surface area (Å²) in [5.74, 6) is 5.26. The third kappa shape index (κ3) is 2.40. The highest BCUT2D eigenvalue weighted by Gasteiger charge is 2.12. The first-order valence-electron chi connectivity index (χ1n) is 4.90. The standard InChI is InChI=1S/C10H11N5O2/c11-13-9-5-8(1-2-10(9)15(16)17)6-14-4-3-12-7-14/h1-5,7,13H,6,11H2. The molecule has 0 bridgehead atoms. The van der Waals surface area contributed by atoms with Crippen LogP contribution >= 0.6 is 0 Å². The number of nitro benzene ring substituents is 1. The van der Waals surface area contributed by atoms with E-state index in [2.05, 4.69) is 10.4 Å². The number of nitrogens with one attached hydrogen (secondary N) is 1. The second-order valence-corrected chi connectivity index (χ2v) is 3.49. The molecule has 1 aromatic carbocycles. The normalized spacial score (nSPS) is 10.2. The van der Waals surface area contributed by atoms with Gasteiger partial charge in [-0.1, -0.05) is 6.07 Å². The Hall–Kier alpha value is -2.41. The van der Waals surface area contributed by atoms with Gasteiger partial charge in [0.2, 0.25) is 0 Å². The molecule has 1 heterocycles. The van der Waals surface area contributed by atoms with Gasteiger partial charge in [-0.2, -0.15) is 0 Å². The number of benzene rings is 1. The molecule has 17 heavy (non-hydrogen) atoms. The number of nitrogen functional groups attached to an aromatic ring is 1. The van der Waals surface area contributed by atoms with Crippen LogP contribution < -0.4 is 11.3 Å². The van der Waals surface area contributed by atoms with Crippen molar-refractivity contribution in [1.29, 1.82) is 0 Å². The second kappa shape index (κ2) is 4.62. The Morgan fingerprint density at radius 1 is 1.53 bits per heavy atom. The number of hydrazine groups is 1. The van der Waals surface area contributed by atoms with Crippen molar-refractivity contribution in [2.75, 3.05) is 5.43 Å². The first kappa shape index (κ1) is 11.1. The van der Waals surface area contributed by atoms with Crippen LogP contribution in [0.2, 0.25) is 0 Å². The van der Waals surface area contributed by atoms with E-state index in [0.717, 1.165) is 5.56 Å². The zero-order valence-electron chi connectivity index (χ0n) is 8.91. The molecule has 0 atom stereocenters. The Morgan fingerprint density at radius 2 is 2.35 bits per heavy atom. The minimum absolute atomic E-state index is 0.0399. The molecule has 7 heteroatoms. The monoisotopic (exact) mass is 233 g/mol. The number of rotatable bonds is 4. The number of imidazole rings is 1. The zero-order chi connectivity index (χ0) is 12.3. The number of nitrogens with two attached hydrogens (primary N) is 1. The Kier molecular flexibility index (Phi) is 3.01. The van der Waals surface area contributed by atoms with Crippen molar-refractivity contribution in [3.8, 4) is 0 Å². The Balaban J connectivity index is 2.28. The average Bonchev–Trinajstić information content (AvgIpc) is 2.81. The number of nitro groups is 1. The van der Waals surface area contributed by atoms with E-state index in [1.54, 1.807) is 24.7 Å². The fourth-order valence-electron chi connectivity index (χ4n) is 1.55. The molecule has 0 saturated carbocycles. The van der Waals surface area contributed by atoms with E-state index < -0.39 is 4.92 Å². The van der Waals surface area contributed by atoms with E-state index in [1.165, 1.54) is 6.07 Å². The van der Waals surface area contributed by atoms with E-state index in [1.807, 2.05) is 10.8 Å². The lowest BCUT2D eigenvalue weighted by Gasteiger charge is -2.06. The molecule has 0 spiro atoms. The predicted octanol–water partition coefficient (Wildman–Crippen LogP) is 1.13. The summed E-state index contributed by atoms with van der Waals surface area (Å²) in [4.78, 5) is 14.1. The predicted molar refractivity (Wildman–Crippen MR) is 62.2 cm³/mol. The Bertz CT molecular complexity index is 523. The highest BCUT2D eigenvalue weighted by Crippen LogP contribution is 2.24. The summed E-state index contributed by atoms with van der Waals surface area (Å²) in [6, 6.07) is 4.78. The van der Waals surface area contributed by atoms with Crippen LogP contribution in [0.4, 0.5) is 11.4 Å². The minimum atomic E-state index is -0.476. The fourth-order valence-corrected chi connectivity index (χ4v) is 1.55. The van der Waals surface area contributed by atoms with Crippen LogP contribution in [0.25, 0.3) is 0 Å². The lowest BCUT2D eigenvalue weighted by Crippen LogP contribution is -2.10. The van der Waals surface area contributed by atoms with Gasteiger partial charge in [-0.15, -0.1) is 0 Å². The van der Waals surface area contributed by atoms with Crippen molar-refractivity contribution in [1.82, 2.24) is 9.55 Å². The molecule has 0 radical (unpaired) electrons. The molecule has 2 rings (SSSR count). The van der Waals surface area contributed by atoms with Gasteiger partial charge < -0.3 is 9.99 Å². The smallest absolute Gasteiger partial charge is 0.293 e. The van der Waals surface area contributed by atoms with E-state index in [0.29, 0.717) is 12.2 Å². The van der Waals surface area contributed by atoms with Gasteiger partial charge in [0.15, 0.2) is 0 Å². The van der Waals surface area contributed by atoms with Gasteiger partial charge in [-0.3, -0.25) is 16.0 Å². The summed E-state index contributed by atoms with van der Waals surface area (Å²) in [5, 5.41) is 10.7. The van der Waals surface area contributed by atoms with E-state index in [-0.39, 0.29) is 5.69 Å². The van der Waals surface area contributed by atoms with Crippen LogP contribution in [-0.4, -0.2) is 14.5 Å². The number of nitrogens with zero attached hydrogens (tertiary/aromatic N) is 3. The van der Waals surface area contributed by atoms with Crippen LogP contribution in [0.5, 0.6) is 0 Å². The van der Waals surface area contributed by atoms with E-state index in [9.17, 15) is 10.1 Å². The lowest BCUT2D eigenvalue weighted by molar-refractivity contribution is -0.384. The third-order valence-corrected chi connectivity index (χ3v) is 2.34. The molecule has 3 N–H and O–H groups in total. The van der Waals surface area contributed by atoms with Crippen molar-refractivity contribution >= 4 is 11.4 Å². The lowest BCUT2D eigenvalue weighted by atomic mass is 10.1. The van der Waals surface area contributed by atoms with Crippen molar-refractivity contribution in [3.63, 3.8) is 0 Å². The van der Waals surface area contributed by atoms with Gasteiger partial charge in [0.25, 0.3) is 5.69 Å². The van der Waals surface area contributed by atoms with Crippen LogP contribution in [0.3, 0.4) is 0 Å². The van der Waals surface area contributed by atoms with Crippen molar-refractivity contribution in [3.05, 3.63) is 52.6 Å². The third-order valence-electron chi connectivity index (χ3n) is 2.34. The van der Waals surface area contributed by atoms with Gasteiger partial charge in [-0.25, -0.2) is 4.98 Å². The quantitative estimate of drug-likeness (QED) is 0.468. The number of hydrogen-bond acceptors (Lipinski definition) is 5. The summed E-state index contributed by atoms with van der Waals surface area (Å²) >= 11 is 0. The van der Waals surface area contributed by atoms with Gasteiger partial charge in [0.1, 0.15) is 5.69 Å². The van der Waals surface area contributed by atoms with Crippen LogP contribution in [0.15, 0.2) is 36.9 Å². The average molecular weight is 233 g/mol. The summed E-state index contributed by atoms with van der Waals surface area (Å²) in [6.45, 7) is 0.590. The highest BCUT2D eigenvalue weighted by atomic mass is 16.6. The fraction of sp³-hybridized carbons (Fsp3) is 0.100. The number of aromatic nitrogens is 2. The number of hydrogen-bond donors (Lipinski definition) is 2.